The van der Waals surface area contributed by atoms with Crippen molar-refractivity contribution in [3.63, 3.8) is 0 Å². The Labute approximate surface area is 105 Å². The molecule has 0 aliphatic heterocycles. The summed E-state index contributed by atoms with van der Waals surface area (Å²) in [6, 6.07) is 0.341. The van der Waals surface area contributed by atoms with Gasteiger partial charge in [0.1, 0.15) is 0 Å². The first kappa shape index (κ1) is 16.8. The Morgan fingerprint density at radius 2 is 1.71 bits per heavy atom. The van der Waals surface area contributed by atoms with E-state index in [1.165, 1.54) is 0 Å². The minimum atomic E-state index is -0.587. The summed E-state index contributed by atoms with van der Waals surface area (Å²) in [4.78, 5) is 2.13. The van der Waals surface area contributed by atoms with E-state index in [2.05, 4.69) is 37.9 Å². The first-order chi connectivity index (χ1) is 7.95. The predicted molar refractivity (Wildman–Crippen MR) is 70.9 cm³/mol. The summed E-state index contributed by atoms with van der Waals surface area (Å²) < 4.78 is 0. The van der Waals surface area contributed by atoms with Crippen LogP contribution in [0, 0.1) is 0 Å². The summed E-state index contributed by atoms with van der Waals surface area (Å²) in [5.41, 5.74) is 5.38. The number of nitrogens with two attached hydrogens (primary N) is 1. The summed E-state index contributed by atoms with van der Waals surface area (Å²) in [6.45, 7) is 9.93. The molecular weight excluding hydrogens is 218 g/mol. The van der Waals surface area contributed by atoms with Crippen molar-refractivity contribution in [1.82, 2.24) is 10.2 Å². The molecule has 0 bridgehead atoms. The van der Waals surface area contributed by atoms with E-state index >= 15 is 0 Å². The van der Waals surface area contributed by atoms with Gasteiger partial charge in [-0.3, -0.25) is 4.90 Å². The van der Waals surface area contributed by atoms with Gasteiger partial charge in [0, 0.05) is 31.7 Å². The largest absolute Gasteiger partial charge is 0.395 e. The van der Waals surface area contributed by atoms with Gasteiger partial charge in [0.15, 0.2) is 0 Å². The van der Waals surface area contributed by atoms with Gasteiger partial charge in [-0.25, -0.2) is 0 Å². The van der Waals surface area contributed by atoms with Crippen LogP contribution in [0.5, 0.6) is 0 Å². The van der Waals surface area contributed by atoms with Crippen LogP contribution in [0.2, 0.25) is 0 Å². The van der Waals surface area contributed by atoms with Crippen molar-refractivity contribution >= 4 is 0 Å². The zero-order valence-corrected chi connectivity index (χ0v) is 11.6. The van der Waals surface area contributed by atoms with E-state index in [0.717, 1.165) is 0 Å². The summed E-state index contributed by atoms with van der Waals surface area (Å²) in [5, 5.41) is 22.6. The molecule has 0 aliphatic carbocycles. The van der Waals surface area contributed by atoms with Gasteiger partial charge >= 0.3 is 0 Å². The average Bonchev–Trinajstić information content (AvgIpc) is 2.24. The third-order valence-corrected chi connectivity index (χ3v) is 2.88. The van der Waals surface area contributed by atoms with Crippen LogP contribution in [0.25, 0.3) is 0 Å². The highest BCUT2D eigenvalue weighted by molar-refractivity contribution is 4.84. The number of hydrogen-bond acceptors (Lipinski definition) is 5. The van der Waals surface area contributed by atoms with E-state index < -0.39 is 6.10 Å². The quantitative estimate of drug-likeness (QED) is 0.408. The highest BCUT2D eigenvalue weighted by atomic mass is 16.3. The second kappa shape index (κ2) is 8.83. The van der Waals surface area contributed by atoms with Crippen LogP contribution in [-0.2, 0) is 0 Å². The van der Waals surface area contributed by atoms with E-state index in [9.17, 15) is 10.2 Å². The minimum Gasteiger partial charge on any atom is -0.395 e. The minimum absolute atomic E-state index is 0.0398. The van der Waals surface area contributed by atoms with Gasteiger partial charge in [0.05, 0.1) is 18.8 Å². The number of aliphatic hydroxyl groups is 2. The molecule has 0 aromatic rings. The van der Waals surface area contributed by atoms with E-state index in [-0.39, 0.29) is 24.7 Å². The molecule has 2 atom stereocenters. The molecule has 5 nitrogen and oxygen atoms in total. The zero-order chi connectivity index (χ0) is 13.4. The first-order valence-electron chi connectivity index (χ1n) is 6.42. The second-order valence-corrected chi connectivity index (χ2v) is 4.94. The second-order valence-electron chi connectivity index (χ2n) is 4.94. The van der Waals surface area contributed by atoms with Crippen molar-refractivity contribution in [2.45, 2.75) is 51.9 Å². The predicted octanol–water partition coefficient (Wildman–Crippen LogP) is -0.625. The summed E-state index contributed by atoms with van der Waals surface area (Å²) in [5.74, 6) is 0. The molecule has 0 fully saturated rings. The maximum absolute atomic E-state index is 10.1. The lowest BCUT2D eigenvalue weighted by Crippen LogP contribution is -2.55. The molecule has 0 aromatic carbocycles. The standard InChI is InChI=1S/C12H29N3O2/c1-9(2)15(10(3)4)11(8-16)12(17)7-14-6-5-13/h9-12,14,16-17H,5-8,13H2,1-4H3. The number of rotatable bonds is 9. The highest BCUT2D eigenvalue weighted by Gasteiger charge is 2.28. The third-order valence-electron chi connectivity index (χ3n) is 2.88. The lowest BCUT2D eigenvalue weighted by atomic mass is 10.1. The summed E-state index contributed by atoms with van der Waals surface area (Å²) in [6.07, 6.45) is -0.587. The number of nitrogens with zero attached hydrogens (tertiary/aromatic N) is 1. The van der Waals surface area contributed by atoms with Gasteiger partial charge in [0.2, 0.25) is 0 Å². The van der Waals surface area contributed by atoms with Crippen LogP contribution in [0.15, 0.2) is 0 Å². The fourth-order valence-corrected chi connectivity index (χ4v) is 2.26. The van der Waals surface area contributed by atoms with Crippen LogP contribution >= 0.6 is 0 Å². The van der Waals surface area contributed by atoms with Crippen LogP contribution in [0.1, 0.15) is 27.7 Å². The Bertz CT molecular complexity index is 181. The van der Waals surface area contributed by atoms with Crippen molar-refractivity contribution in [3.8, 4) is 0 Å². The van der Waals surface area contributed by atoms with Crippen molar-refractivity contribution in [3.05, 3.63) is 0 Å². The maximum Gasteiger partial charge on any atom is 0.0842 e. The molecule has 0 radical (unpaired) electrons. The average molecular weight is 247 g/mol. The Morgan fingerprint density at radius 3 is 2.06 bits per heavy atom. The van der Waals surface area contributed by atoms with E-state index in [1.807, 2.05) is 0 Å². The molecule has 2 unspecified atom stereocenters. The third kappa shape index (κ3) is 5.79. The van der Waals surface area contributed by atoms with E-state index in [4.69, 9.17) is 5.73 Å². The molecule has 5 heteroatoms. The van der Waals surface area contributed by atoms with E-state index in [1.54, 1.807) is 0 Å². The van der Waals surface area contributed by atoms with Crippen molar-refractivity contribution < 1.29 is 10.2 Å². The van der Waals surface area contributed by atoms with Crippen LogP contribution in [0.3, 0.4) is 0 Å². The molecular formula is C12H29N3O2. The molecule has 0 aliphatic rings. The molecule has 5 N–H and O–H groups in total. The van der Waals surface area contributed by atoms with Crippen molar-refractivity contribution in [2.75, 3.05) is 26.2 Å². The Hall–Kier alpha value is -0.200. The molecule has 104 valence electrons. The molecule has 0 rings (SSSR count). The van der Waals surface area contributed by atoms with Crippen LogP contribution in [-0.4, -0.2) is 65.6 Å². The van der Waals surface area contributed by atoms with Gasteiger partial charge in [-0.05, 0) is 27.7 Å². The topological polar surface area (TPSA) is 81.8 Å². The van der Waals surface area contributed by atoms with Gasteiger partial charge in [-0.15, -0.1) is 0 Å². The SMILES string of the molecule is CC(C)N(C(C)C)C(CO)C(O)CNCCN. The van der Waals surface area contributed by atoms with Gasteiger partial charge < -0.3 is 21.3 Å². The number of hydrogen-bond donors (Lipinski definition) is 4. The smallest absolute Gasteiger partial charge is 0.0842 e. The Morgan fingerprint density at radius 1 is 1.18 bits per heavy atom. The fraction of sp³-hybridized carbons (Fsp3) is 1.00. The fourth-order valence-electron chi connectivity index (χ4n) is 2.26. The lowest BCUT2D eigenvalue weighted by molar-refractivity contribution is -0.0145. The molecule has 0 saturated carbocycles. The maximum atomic E-state index is 10.1. The lowest BCUT2D eigenvalue weighted by Gasteiger charge is -2.39. The first-order valence-corrected chi connectivity index (χ1v) is 6.42. The van der Waals surface area contributed by atoms with Crippen molar-refractivity contribution in [1.29, 1.82) is 0 Å². The number of aliphatic hydroxyl groups excluding tert-OH is 2. The molecule has 0 saturated heterocycles. The summed E-state index contributed by atoms with van der Waals surface area (Å²) >= 11 is 0. The molecule has 0 heterocycles. The summed E-state index contributed by atoms with van der Waals surface area (Å²) in [7, 11) is 0. The number of nitrogens with one attached hydrogen (secondary N) is 1. The Kier molecular flexibility index (Phi) is 8.72. The monoisotopic (exact) mass is 247 g/mol. The van der Waals surface area contributed by atoms with Crippen molar-refractivity contribution in [2.24, 2.45) is 5.73 Å². The molecule has 17 heavy (non-hydrogen) atoms. The molecule has 0 aromatic heterocycles. The molecule has 0 amide bonds. The highest BCUT2D eigenvalue weighted by Crippen LogP contribution is 2.13. The Balaban J connectivity index is 4.44. The van der Waals surface area contributed by atoms with Crippen LogP contribution < -0.4 is 11.1 Å². The molecule has 0 spiro atoms. The zero-order valence-electron chi connectivity index (χ0n) is 11.6. The normalized spacial score (nSPS) is 15.9. The van der Waals surface area contributed by atoms with Crippen LogP contribution in [0.4, 0.5) is 0 Å². The van der Waals surface area contributed by atoms with Gasteiger partial charge in [0.25, 0.3) is 0 Å². The van der Waals surface area contributed by atoms with E-state index in [0.29, 0.717) is 19.6 Å². The van der Waals surface area contributed by atoms with Gasteiger partial charge in [-0.1, -0.05) is 0 Å². The van der Waals surface area contributed by atoms with Gasteiger partial charge in [-0.2, -0.15) is 0 Å².